The average Bonchev–Trinajstić information content (AvgIpc) is 3.50. The summed E-state index contributed by atoms with van der Waals surface area (Å²) in [6.07, 6.45) is 0. The van der Waals surface area contributed by atoms with Crippen LogP contribution in [-0.4, -0.2) is 66.9 Å². The number of piperazine rings is 1. The molecule has 3 aromatic rings. The van der Waals surface area contributed by atoms with Crippen molar-refractivity contribution < 1.29 is 27.4 Å². The van der Waals surface area contributed by atoms with Gasteiger partial charge in [-0.05, 0) is 23.6 Å². The number of nitro groups is 1. The van der Waals surface area contributed by atoms with Gasteiger partial charge >= 0.3 is 5.69 Å². The molecule has 0 N–H and O–H groups in total. The lowest BCUT2D eigenvalue weighted by Gasteiger charge is -2.33. The number of hydrogen-bond donors (Lipinski definition) is 0. The van der Waals surface area contributed by atoms with Crippen LogP contribution in [-0.2, 0) is 10.0 Å². The van der Waals surface area contributed by atoms with E-state index in [1.165, 1.54) is 39.8 Å². The van der Waals surface area contributed by atoms with Crippen molar-refractivity contribution in [3.8, 4) is 16.4 Å². The van der Waals surface area contributed by atoms with E-state index >= 15 is 0 Å². The van der Waals surface area contributed by atoms with Gasteiger partial charge in [-0.3, -0.25) is 14.9 Å². The molecule has 13 heteroatoms. The quantitative estimate of drug-likeness (QED) is 0.389. The lowest BCUT2D eigenvalue weighted by Crippen LogP contribution is -2.50. The molecule has 1 saturated heterocycles. The maximum Gasteiger partial charge on any atom is 0.312 e. The van der Waals surface area contributed by atoms with Gasteiger partial charge in [0.2, 0.25) is 10.0 Å². The van der Waals surface area contributed by atoms with E-state index in [-0.39, 0.29) is 48.4 Å². The molecule has 0 radical (unpaired) electrons. The molecule has 4 rings (SSSR count). The molecule has 2 aromatic heterocycles. The summed E-state index contributed by atoms with van der Waals surface area (Å²) in [4.78, 5) is 25.4. The van der Waals surface area contributed by atoms with Crippen molar-refractivity contribution >= 4 is 33.0 Å². The van der Waals surface area contributed by atoms with Gasteiger partial charge in [-0.2, -0.15) is 4.31 Å². The van der Waals surface area contributed by atoms with Crippen LogP contribution >= 0.6 is 11.3 Å². The second kappa shape index (κ2) is 8.68. The Hall–Kier alpha value is -3.29. The number of amides is 1. The summed E-state index contributed by atoms with van der Waals surface area (Å²) < 4.78 is 37.3. The van der Waals surface area contributed by atoms with Crippen molar-refractivity contribution in [2.24, 2.45) is 0 Å². The van der Waals surface area contributed by atoms with Crippen molar-refractivity contribution in [2.45, 2.75) is 4.90 Å². The van der Waals surface area contributed by atoms with Gasteiger partial charge in [-0.15, -0.1) is 11.3 Å². The predicted molar refractivity (Wildman–Crippen MR) is 114 cm³/mol. The molecule has 1 aromatic carbocycles. The standard InChI is InChI=1S/C19H18N4O7S2/c1-29-16-5-4-13(11-15(16)23(25)26)32(27,28)22-8-6-21(7-9-22)19(24)14-12-17(30-20-14)18-3-2-10-31-18/h2-5,10-12H,6-9H2,1H3. The van der Waals surface area contributed by atoms with E-state index in [1.54, 1.807) is 6.07 Å². The highest BCUT2D eigenvalue weighted by atomic mass is 32.2. The number of nitrogens with zero attached hydrogens (tertiary/aromatic N) is 4. The lowest BCUT2D eigenvalue weighted by molar-refractivity contribution is -0.386. The number of ether oxygens (including phenoxy) is 1. The number of methoxy groups -OCH3 is 1. The molecule has 0 spiro atoms. The Kier molecular flexibility index (Phi) is 5.95. The number of rotatable bonds is 6. The largest absolute Gasteiger partial charge is 0.490 e. The Morgan fingerprint density at radius 1 is 1.22 bits per heavy atom. The van der Waals surface area contributed by atoms with E-state index in [9.17, 15) is 23.3 Å². The first-order chi connectivity index (χ1) is 15.3. The number of nitro benzene ring substituents is 1. The third-order valence-electron chi connectivity index (χ3n) is 5.00. The first-order valence-electron chi connectivity index (χ1n) is 9.43. The lowest BCUT2D eigenvalue weighted by atomic mass is 10.2. The summed E-state index contributed by atoms with van der Waals surface area (Å²) in [6.45, 7) is 0.391. The van der Waals surface area contributed by atoms with Crippen LogP contribution in [0.4, 0.5) is 5.69 Å². The fraction of sp³-hybridized carbons (Fsp3) is 0.263. The third kappa shape index (κ3) is 4.09. The molecule has 0 aliphatic carbocycles. The number of hydrogen-bond acceptors (Lipinski definition) is 9. The maximum atomic E-state index is 13.0. The van der Waals surface area contributed by atoms with E-state index in [0.29, 0.717) is 5.76 Å². The smallest absolute Gasteiger partial charge is 0.312 e. The van der Waals surface area contributed by atoms with Gasteiger partial charge in [0, 0.05) is 38.3 Å². The Balaban J connectivity index is 1.46. The molecule has 0 saturated carbocycles. The molecular weight excluding hydrogens is 460 g/mol. The summed E-state index contributed by atoms with van der Waals surface area (Å²) in [5, 5.41) is 16.9. The van der Waals surface area contributed by atoms with Gasteiger partial charge in [-0.25, -0.2) is 8.42 Å². The molecule has 3 heterocycles. The maximum absolute atomic E-state index is 13.0. The normalized spacial score (nSPS) is 15.0. The fourth-order valence-electron chi connectivity index (χ4n) is 3.33. The van der Waals surface area contributed by atoms with Gasteiger partial charge in [0.1, 0.15) is 0 Å². The molecule has 1 aliphatic heterocycles. The number of carbonyl (C=O) groups is 1. The highest BCUT2D eigenvalue weighted by Gasteiger charge is 2.33. The van der Waals surface area contributed by atoms with Gasteiger partial charge in [0.25, 0.3) is 5.91 Å². The summed E-state index contributed by atoms with van der Waals surface area (Å²) >= 11 is 1.46. The Labute approximate surface area is 187 Å². The molecule has 0 unspecified atom stereocenters. The van der Waals surface area contributed by atoms with Crippen LogP contribution in [0.15, 0.2) is 51.2 Å². The third-order valence-corrected chi connectivity index (χ3v) is 7.78. The topological polar surface area (TPSA) is 136 Å². The molecular formula is C19H18N4O7S2. The minimum atomic E-state index is -3.98. The number of aromatic nitrogens is 1. The van der Waals surface area contributed by atoms with Crippen molar-refractivity contribution in [3.63, 3.8) is 0 Å². The molecule has 168 valence electrons. The molecule has 0 atom stereocenters. The van der Waals surface area contributed by atoms with E-state index in [1.807, 2.05) is 17.5 Å². The van der Waals surface area contributed by atoms with Crippen molar-refractivity contribution in [3.05, 3.63) is 57.6 Å². The van der Waals surface area contributed by atoms with Crippen molar-refractivity contribution in [2.75, 3.05) is 33.3 Å². The van der Waals surface area contributed by atoms with Crippen molar-refractivity contribution in [1.29, 1.82) is 0 Å². The highest BCUT2D eigenvalue weighted by molar-refractivity contribution is 7.89. The first-order valence-corrected chi connectivity index (χ1v) is 11.8. The summed E-state index contributed by atoms with van der Waals surface area (Å²) in [5.41, 5.74) is -0.287. The SMILES string of the molecule is COc1ccc(S(=O)(=O)N2CCN(C(=O)c3cc(-c4cccs4)on3)CC2)cc1[N+](=O)[O-]. The van der Waals surface area contributed by atoms with Gasteiger partial charge in [0.15, 0.2) is 17.2 Å². The second-order valence-corrected chi connectivity index (χ2v) is 9.73. The van der Waals surface area contributed by atoms with Crippen LogP contribution in [0.2, 0.25) is 0 Å². The zero-order valence-corrected chi connectivity index (χ0v) is 18.5. The molecule has 11 nitrogen and oxygen atoms in total. The number of sulfonamides is 1. The summed E-state index contributed by atoms with van der Waals surface area (Å²) in [6, 6.07) is 8.77. The van der Waals surface area contributed by atoms with Crippen LogP contribution < -0.4 is 4.74 Å². The van der Waals surface area contributed by atoms with E-state index in [2.05, 4.69) is 5.16 Å². The minimum Gasteiger partial charge on any atom is -0.490 e. The molecule has 1 fully saturated rings. The monoisotopic (exact) mass is 478 g/mol. The molecule has 1 aliphatic rings. The van der Waals surface area contributed by atoms with E-state index < -0.39 is 20.6 Å². The number of carbonyl (C=O) groups excluding carboxylic acids is 1. The molecule has 0 bridgehead atoms. The van der Waals surface area contributed by atoms with E-state index in [4.69, 9.17) is 9.26 Å². The zero-order chi connectivity index (χ0) is 22.9. The molecule has 32 heavy (non-hydrogen) atoms. The Morgan fingerprint density at radius 3 is 2.59 bits per heavy atom. The number of thiophene rings is 1. The van der Waals surface area contributed by atoms with Gasteiger partial charge in [0.05, 0.1) is 21.8 Å². The Morgan fingerprint density at radius 2 is 1.97 bits per heavy atom. The number of benzene rings is 1. The second-order valence-electron chi connectivity index (χ2n) is 6.84. The van der Waals surface area contributed by atoms with Gasteiger partial charge < -0.3 is 14.2 Å². The van der Waals surface area contributed by atoms with Crippen molar-refractivity contribution in [1.82, 2.24) is 14.4 Å². The average molecular weight is 479 g/mol. The van der Waals surface area contributed by atoms with Crippen LogP contribution in [0.25, 0.3) is 10.6 Å². The minimum absolute atomic E-state index is 0.0288. The van der Waals surface area contributed by atoms with Crippen LogP contribution in [0, 0.1) is 10.1 Å². The highest BCUT2D eigenvalue weighted by Crippen LogP contribution is 2.31. The predicted octanol–water partition coefficient (Wildman–Crippen LogP) is 2.47. The van der Waals surface area contributed by atoms with Crippen LogP contribution in [0.5, 0.6) is 5.75 Å². The van der Waals surface area contributed by atoms with E-state index in [0.717, 1.165) is 10.9 Å². The summed E-state index contributed by atoms with van der Waals surface area (Å²) in [5.74, 6) is 0.109. The first kappa shape index (κ1) is 21.9. The Bertz CT molecular complexity index is 1250. The summed E-state index contributed by atoms with van der Waals surface area (Å²) in [7, 11) is -2.71. The van der Waals surface area contributed by atoms with Crippen LogP contribution in [0.3, 0.4) is 0 Å². The fourth-order valence-corrected chi connectivity index (χ4v) is 5.44. The zero-order valence-electron chi connectivity index (χ0n) is 16.8. The van der Waals surface area contributed by atoms with Gasteiger partial charge in [-0.1, -0.05) is 11.2 Å². The van der Waals surface area contributed by atoms with Crippen LogP contribution in [0.1, 0.15) is 10.5 Å². The molecule has 1 amide bonds.